The SMILES string of the molecule is CC(C)(C)OC(=O)N1CC[C@H](c2ccc(OCCCOCC3CC3)cc2)[C@@H](OCc2ccc3c(c2)N(CCCOS(C)(=O)=O)CCC3)C1. The van der Waals surface area contributed by atoms with Gasteiger partial charge in [-0.25, -0.2) is 4.79 Å². The monoisotopic (exact) mass is 686 g/mol. The third kappa shape index (κ3) is 11.6. The van der Waals surface area contributed by atoms with Crippen LogP contribution in [0.3, 0.4) is 0 Å². The Hall–Kier alpha value is -2.86. The minimum Gasteiger partial charge on any atom is -0.494 e. The molecule has 266 valence electrons. The summed E-state index contributed by atoms with van der Waals surface area (Å²) in [4.78, 5) is 17.1. The minimum atomic E-state index is -3.44. The van der Waals surface area contributed by atoms with Crippen molar-refractivity contribution < 1.29 is 36.3 Å². The van der Waals surface area contributed by atoms with Crippen LogP contribution in [0.5, 0.6) is 5.75 Å². The Balaban J connectivity index is 1.21. The predicted octanol–water partition coefficient (Wildman–Crippen LogP) is 6.31. The van der Waals surface area contributed by atoms with E-state index in [1.54, 1.807) is 4.90 Å². The van der Waals surface area contributed by atoms with Crippen LogP contribution >= 0.6 is 0 Å². The van der Waals surface area contributed by atoms with E-state index in [-0.39, 0.29) is 24.7 Å². The molecule has 2 aromatic rings. The summed E-state index contributed by atoms with van der Waals surface area (Å²) < 4.78 is 51.8. The van der Waals surface area contributed by atoms with Gasteiger partial charge >= 0.3 is 6.09 Å². The fourth-order valence-electron chi connectivity index (χ4n) is 6.34. The Morgan fingerprint density at radius 2 is 1.75 bits per heavy atom. The van der Waals surface area contributed by atoms with Gasteiger partial charge in [0.25, 0.3) is 10.1 Å². The Bertz CT molecular complexity index is 1440. The molecule has 2 atom stereocenters. The summed E-state index contributed by atoms with van der Waals surface area (Å²) in [5.41, 5.74) is 4.11. The largest absolute Gasteiger partial charge is 0.494 e. The molecule has 5 rings (SSSR count). The van der Waals surface area contributed by atoms with Crippen LogP contribution in [0, 0.1) is 5.92 Å². The van der Waals surface area contributed by atoms with Crippen molar-refractivity contribution in [2.75, 3.05) is 63.8 Å². The van der Waals surface area contributed by atoms with E-state index in [2.05, 4.69) is 35.2 Å². The summed E-state index contributed by atoms with van der Waals surface area (Å²) in [6, 6.07) is 14.8. The Morgan fingerprint density at radius 3 is 2.48 bits per heavy atom. The molecule has 3 aliphatic rings. The molecule has 0 bridgehead atoms. The number of benzene rings is 2. The van der Waals surface area contributed by atoms with Gasteiger partial charge in [-0.05, 0) is 100 Å². The lowest BCUT2D eigenvalue weighted by molar-refractivity contribution is -0.0359. The highest BCUT2D eigenvalue weighted by Gasteiger charge is 2.35. The molecule has 11 heteroatoms. The first-order valence-electron chi connectivity index (χ1n) is 17.5. The standard InChI is InChI=1S/C37H54N2O8S/c1-37(2,3)47-36(40)39-20-17-33(30-13-15-32(16-14-30)44-22-7-21-43-26-28-9-10-28)35(25-39)45-27-29-11-12-31-8-5-18-38(34(31)24-29)19-6-23-46-48(4,41)42/h11-16,24,28,33,35H,5-10,17-23,25-27H2,1-4H3/t33-,35+/m1/s1. The molecular formula is C37H54N2O8S. The fourth-order valence-corrected chi connectivity index (χ4v) is 6.76. The number of nitrogens with zero attached hydrogens (tertiary/aromatic N) is 2. The number of hydrogen-bond donors (Lipinski definition) is 0. The van der Waals surface area contributed by atoms with Gasteiger partial charge < -0.3 is 28.7 Å². The van der Waals surface area contributed by atoms with Gasteiger partial charge in [-0.1, -0.05) is 24.3 Å². The molecule has 1 saturated carbocycles. The normalized spacial score (nSPS) is 20.0. The second kappa shape index (κ2) is 16.7. The van der Waals surface area contributed by atoms with Crippen molar-refractivity contribution in [2.45, 2.75) is 89.9 Å². The average Bonchev–Trinajstić information content (AvgIpc) is 3.87. The molecule has 0 radical (unpaired) electrons. The Morgan fingerprint density at radius 1 is 0.958 bits per heavy atom. The molecule has 0 N–H and O–H groups in total. The van der Waals surface area contributed by atoms with E-state index in [4.69, 9.17) is 23.1 Å². The van der Waals surface area contributed by atoms with Crippen LogP contribution in [0.2, 0.25) is 0 Å². The maximum atomic E-state index is 13.1. The van der Waals surface area contributed by atoms with Crippen LogP contribution in [0.15, 0.2) is 42.5 Å². The Labute approximate surface area is 287 Å². The van der Waals surface area contributed by atoms with Crippen molar-refractivity contribution in [3.63, 3.8) is 0 Å². The average molecular weight is 687 g/mol. The van der Waals surface area contributed by atoms with Crippen molar-refractivity contribution in [1.82, 2.24) is 4.90 Å². The van der Waals surface area contributed by atoms with Gasteiger partial charge in [0, 0.05) is 50.9 Å². The zero-order valence-electron chi connectivity index (χ0n) is 29.2. The molecule has 1 saturated heterocycles. The lowest BCUT2D eigenvalue weighted by Crippen LogP contribution is -2.48. The van der Waals surface area contributed by atoms with Crippen molar-refractivity contribution in [3.8, 4) is 5.75 Å². The molecule has 48 heavy (non-hydrogen) atoms. The number of fused-ring (bicyclic) bond motifs is 1. The molecule has 10 nitrogen and oxygen atoms in total. The number of amides is 1. The van der Waals surface area contributed by atoms with Gasteiger partial charge in [0.1, 0.15) is 11.4 Å². The number of rotatable bonds is 16. The van der Waals surface area contributed by atoms with Crippen LogP contribution in [-0.2, 0) is 41.5 Å². The van der Waals surface area contributed by atoms with E-state index in [9.17, 15) is 13.2 Å². The second-order valence-electron chi connectivity index (χ2n) is 14.4. The highest BCUT2D eigenvalue weighted by molar-refractivity contribution is 7.85. The summed E-state index contributed by atoms with van der Waals surface area (Å²) >= 11 is 0. The molecule has 2 aliphatic heterocycles. The van der Waals surface area contributed by atoms with Gasteiger partial charge in [-0.3, -0.25) is 4.18 Å². The highest BCUT2D eigenvalue weighted by Crippen LogP contribution is 2.34. The quantitative estimate of drug-likeness (QED) is 0.148. The molecule has 2 aromatic carbocycles. The zero-order chi connectivity index (χ0) is 34.1. The third-order valence-electron chi connectivity index (χ3n) is 8.97. The van der Waals surface area contributed by atoms with E-state index in [1.807, 2.05) is 32.9 Å². The number of carbonyl (C=O) groups excluding carboxylic acids is 1. The van der Waals surface area contributed by atoms with Crippen molar-refractivity contribution in [3.05, 3.63) is 59.2 Å². The molecule has 0 spiro atoms. The highest BCUT2D eigenvalue weighted by atomic mass is 32.2. The smallest absolute Gasteiger partial charge is 0.410 e. The molecule has 2 fully saturated rings. The third-order valence-corrected chi connectivity index (χ3v) is 9.56. The van der Waals surface area contributed by atoms with E-state index in [0.29, 0.717) is 32.7 Å². The minimum absolute atomic E-state index is 0.109. The van der Waals surface area contributed by atoms with E-state index >= 15 is 0 Å². The predicted molar refractivity (Wildman–Crippen MR) is 186 cm³/mol. The molecule has 1 amide bonds. The maximum Gasteiger partial charge on any atom is 0.410 e. The number of piperidine rings is 1. The van der Waals surface area contributed by atoms with Crippen LogP contribution in [0.4, 0.5) is 10.5 Å². The first-order chi connectivity index (χ1) is 22.9. The van der Waals surface area contributed by atoms with E-state index < -0.39 is 15.7 Å². The number of ether oxygens (including phenoxy) is 4. The summed E-state index contributed by atoms with van der Waals surface area (Å²) in [6.07, 6.45) is 7.46. The number of likely N-dealkylation sites (tertiary alicyclic amines) is 1. The lowest BCUT2D eigenvalue weighted by Gasteiger charge is -2.39. The van der Waals surface area contributed by atoms with Crippen LogP contribution in [0.1, 0.15) is 81.9 Å². The zero-order valence-corrected chi connectivity index (χ0v) is 30.0. The fraction of sp³-hybridized carbons (Fsp3) is 0.649. The molecular weight excluding hydrogens is 632 g/mol. The number of aryl methyl sites for hydroxylation is 1. The van der Waals surface area contributed by atoms with Gasteiger partial charge in [-0.15, -0.1) is 0 Å². The van der Waals surface area contributed by atoms with E-state index in [0.717, 1.165) is 81.0 Å². The second-order valence-corrected chi connectivity index (χ2v) is 16.0. The van der Waals surface area contributed by atoms with Gasteiger partial charge in [0.15, 0.2) is 0 Å². The van der Waals surface area contributed by atoms with Crippen LogP contribution in [0.25, 0.3) is 0 Å². The summed E-state index contributed by atoms with van der Waals surface area (Å²) in [7, 11) is -3.44. The van der Waals surface area contributed by atoms with Crippen molar-refractivity contribution in [2.24, 2.45) is 5.92 Å². The molecule has 1 aliphatic carbocycles. The van der Waals surface area contributed by atoms with Crippen LogP contribution < -0.4 is 9.64 Å². The van der Waals surface area contributed by atoms with Crippen LogP contribution in [-0.4, -0.2) is 90.0 Å². The maximum absolute atomic E-state index is 13.1. The van der Waals surface area contributed by atoms with Crippen molar-refractivity contribution in [1.29, 1.82) is 0 Å². The molecule has 0 unspecified atom stereocenters. The van der Waals surface area contributed by atoms with E-state index in [1.165, 1.54) is 24.1 Å². The number of anilines is 1. The van der Waals surface area contributed by atoms with Gasteiger partial charge in [-0.2, -0.15) is 8.42 Å². The van der Waals surface area contributed by atoms with Crippen molar-refractivity contribution >= 4 is 21.9 Å². The first kappa shape index (κ1) is 36.4. The summed E-state index contributed by atoms with van der Waals surface area (Å²) in [5, 5.41) is 0. The molecule has 2 heterocycles. The first-order valence-corrected chi connectivity index (χ1v) is 19.4. The number of hydrogen-bond acceptors (Lipinski definition) is 9. The van der Waals surface area contributed by atoms with Gasteiger partial charge in [0.2, 0.25) is 0 Å². The Kier molecular flexibility index (Phi) is 12.7. The number of carbonyl (C=O) groups is 1. The summed E-state index contributed by atoms with van der Waals surface area (Å²) in [5.74, 6) is 1.72. The topological polar surface area (TPSA) is 104 Å². The van der Waals surface area contributed by atoms with Gasteiger partial charge in [0.05, 0.1) is 38.7 Å². The lowest BCUT2D eigenvalue weighted by atomic mass is 9.87. The summed E-state index contributed by atoms with van der Waals surface area (Å²) in [6.45, 7) is 11.1. The molecule has 0 aromatic heterocycles.